The molecule has 0 unspecified atom stereocenters. The molecule has 0 saturated heterocycles. The van der Waals surface area contributed by atoms with Crippen LogP contribution >= 0.6 is 0 Å². The lowest BCUT2D eigenvalue weighted by Crippen LogP contribution is -2.48. The van der Waals surface area contributed by atoms with Crippen LogP contribution in [0, 0.1) is 11.8 Å². The molecule has 148 valence electrons. The van der Waals surface area contributed by atoms with E-state index in [0.29, 0.717) is 23.9 Å². The molecule has 0 heterocycles. The summed E-state index contributed by atoms with van der Waals surface area (Å²) in [7, 11) is 4.03. The number of rotatable bonds is 4. The fourth-order valence-corrected chi connectivity index (χ4v) is 5.47. The molecular formula is C22H38N2O2. The average molecular weight is 363 g/mol. The Labute approximate surface area is 159 Å². The first-order valence-electron chi connectivity index (χ1n) is 11.1. The van der Waals surface area contributed by atoms with Crippen molar-refractivity contribution < 1.29 is 9.59 Å². The second-order valence-corrected chi connectivity index (χ2v) is 9.03. The van der Waals surface area contributed by atoms with Crippen LogP contribution < -0.4 is 0 Å². The van der Waals surface area contributed by atoms with Gasteiger partial charge >= 0.3 is 0 Å². The van der Waals surface area contributed by atoms with Crippen molar-refractivity contribution in [1.82, 2.24) is 9.80 Å². The van der Waals surface area contributed by atoms with Crippen LogP contribution in [0.15, 0.2) is 0 Å². The molecule has 4 heteroatoms. The number of carbonyl (C=O) groups is 2. The minimum atomic E-state index is 0.266. The van der Waals surface area contributed by atoms with Crippen LogP contribution in [0.2, 0.25) is 0 Å². The van der Waals surface area contributed by atoms with Gasteiger partial charge in [0.2, 0.25) is 11.8 Å². The van der Waals surface area contributed by atoms with Crippen molar-refractivity contribution in [3.05, 3.63) is 0 Å². The van der Waals surface area contributed by atoms with E-state index in [2.05, 4.69) is 9.80 Å². The van der Waals surface area contributed by atoms with E-state index in [9.17, 15) is 9.59 Å². The fourth-order valence-electron chi connectivity index (χ4n) is 5.47. The first-order chi connectivity index (χ1) is 12.6. The second kappa shape index (κ2) is 9.23. The Morgan fingerprint density at radius 2 is 0.846 bits per heavy atom. The monoisotopic (exact) mass is 362 g/mol. The molecule has 4 nitrogen and oxygen atoms in total. The van der Waals surface area contributed by atoms with Crippen LogP contribution in [0.5, 0.6) is 0 Å². The van der Waals surface area contributed by atoms with Gasteiger partial charge in [0.25, 0.3) is 0 Å². The van der Waals surface area contributed by atoms with Gasteiger partial charge < -0.3 is 9.80 Å². The first kappa shape index (κ1) is 19.7. The highest BCUT2D eigenvalue weighted by atomic mass is 16.2. The SMILES string of the molecule is CN(C(=O)C1CCCCC1)C1CCC(N(C)C(=O)C2CCCCC2)CC1. The van der Waals surface area contributed by atoms with Gasteiger partial charge in [-0.1, -0.05) is 38.5 Å². The van der Waals surface area contributed by atoms with Crippen molar-refractivity contribution in [1.29, 1.82) is 0 Å². The molecule has 3 rings (SSSR count). The number of amides is 2. The fraction of sp³-hybridized carbons (Fsp3) is 0.909. The third-order valence-corrected chi connectivity index (χ3v) is 7.37. The normalized spacial score (nSPS) is 28.5. The van der Waals surface area contributed by atoms with Gasteiger partial charge in [-0.3, -0.25) is 9.59 Å². The van der Waals surface area contributed by atoms with E-state index in [0.717, 1.165) is 51.4 Å². The molecule has 0 aromatic rings. The number of hydrogen-bond acceptors (Lipinski definition) is 2. The van der Waals surface area contributed by atoms with Crippen molar-refractivity contribution >= 4 is 11.8 Å². The van der Waals surface area contributed by atoms with E-state index < -0.39 is 0 Å². The van der Waals surface area contributed by atoms with Crippen LogP contribution in [0.3, 0.4) is 0 Å². The molecular weight excluding hydrogens is 324 g/mol. The van der Waals surface area contributed by atoms with Gasteiger partial charge in [-0.25, -0.2) is 0 Å². The van der Waals surface area contributed by atoms with Gasteiger partial charge in [0.05, 0.1) is 0 Å². The number of hydrogen-bond donors (Lipinski definition) is 0. The van der Waals surface area contributed by atoms with Crippen LogP contribution in [-0.2, 0) is 9.59 Å². The smallest absolute Gasteiger partial charge is 0.225 e. The Morgan fingerprint density at radius 3 is 1.15 bits per heavy atom. The van der Waals surface area contributed by atoms with Crippen LogP contribution in [0.1, 0.15) is 89.9 Å². The van der Waals surface area contributed by atoms with Gasteiger partial charge in [0.1, 0.15) is 0 Å². The molecule has 0 aliphatic heterocycles. The maximum absolute atomic E-state index is 12.8. The molecule has 0 N–H and O–H groups in total. The van der Waals surface area contributed by atoms with E-state index in [-0.39, 0.29) is 11.8 Å². The lowest BCUT2D eigenvalue weighted by atomic mass is 9.84. The molecule has 26 heavy (non-hydrogen) atoms. The molecule has 3 fully saturated rings. The van der Waals surface area contributed by atoms with Crippen molar-refractivity contribution in [2.75, 3.05) is 14.1 Å². The van der Waals surface area contributed by atoms with E-state index in [1.807, 2.05) is 14.1 Å². The highest BCUT2D eigenvalue weighted by Crippen LogP contribution is 2.32. The molecule has 3 aliphatic rings. The predicted octanol–water partition coefficient (Wildman–Crippen LogP) is 4.38. The lowest BCUT2D eigenvalue weighted by molar-refractivity contribution is -0.141. The van der Waals surface area contributed by atoms with Crippen LogP contribution in [0.25, 0.3) is 0 Å². The predicted molar refractivity (Wildman–Crippen MR) is 105 cm³/mol. The van der Waals surface area contributed by atoms with Gasteiger partial charge in [-0.05, 0) is 51.4 Å². The zero-order chi connectivity index (χ0) is 18.5. The molecule has 2 amide bonds. The van der Waals surface area contributed by atoms with Crippen LogP contribution in [-0.4, -0.2) is 47.8 Å². The summed E-state index contributed by atoms with van der Waals surface area (Å²) in [5.74, 6) is 1.28. The molecule has 0 spiro atoms. The highest BCUT2D eigenvalue weighted by molar-refractivity contribution is 5.79. The molecule has 0 aromatic heterocycles. The number of nitrogens with zero attached hydrogens (tertiary/aromatic N) is 2. The summed E-state index contributed by atoms with van der Waals surface area (Å²) in [5.41, 5.74) is 0. The second-order valence-electron chi connectivity index (χ2n) is 9.03. The average Bonchev–Trinajstić information content (AvgIpc) is 2.73. The van der Waals surface area contributed by atoms with Gasteiger partial charge in [-0.15, -0.1) is 0 Å². The molecule has 0 radical (unpaired) electrons. The van der Waals surface area contributed by atoms with E-state index in [4.69, 9.17) is 0 Å². The Kier molecular flexibility index (Phi) is 6.99. The molecule has 0 bridgehead atoms. The first-order valence-corrected chi connectivity index (χ1v) is 11.1. The van der Waals surface area contributed by atoms with E-state index in [1.54, 1.807) is 0 Å². The Morgan fingerprint density at radius 1 is 0.538 bits per heavy atom. The van der Waals surface area contributed by atoms with Crippen molar-refractivity contribution in [2.24, 2.45) is 11.8 Å². The zero-order valence-corrected chi connectivity index (χ0v) is 16.9. The summed E-state index contributed by atoms with van der Waals surface area (Å²) >= 11 is 0. The minimum Gasteiger partial charge on any atom is -0.343 e. The third kappa shape index (κ3) is 4.61. The summed E-state index contributed by atoms with van der Waals surface area (Å²) in [5, 5.41) is 0. The van der Waals surface area contributed by atoms with Crippen molar-refractivity contribution in [3.8, 4) is 0 Å². The maximum Gasteiger partial charge on any atom is 0.225 e. The molecule has 0 atom stereocenters. The van der Waals surface area contributed by atoms with Crippen molar-refractivity contribution in [2.45, 2.75) is 102 Å². The summed E-state index contributed by atoms with van der Waals surface area (Å²) in [4.78, 5) is 29.7. The van der Waals surface area contributed by atoms with Crippen molar-refractivity contribution in [3.63, 3.8) is 0 Å². The summed E-state index contributed by atoms with van der Waals surface area (Å²) in [6.45, 7) is 0. The minimum absolute atomic E-state index is 0.266. The summed E-state index contributed by atoms with van der Waals surface area (Å²) < 4.78 is 0. The molecule has 3 aliphatic carbocycles. The largest absolute Gasteiger partial charge is 0.343 e. The Bertz CT molecular complexity index is 429. The standard InChI is InChI=1S/C22H38N2O2/c1-23(21(25)17-9-5-3-6-10-17)19-13-15-20(16-14-19)24(2)22(26)18-11-7-4-8-12-18/h17-20H,3-16H2,1-2H3. The van der Waals surface area contributed by atoms with Crippen LogP contribution in [0.4, 0.5) is 0 Å². The molecule has 0 aromatic carbocycles. The summed E-state index contributed by atoms with van der Waals surface area (Å²) in [6, 6.07) is 0.748. The van der Waals surface area contributed by atoms with E-state index >= 15 is 0 Å². The van der Waals surface area contributed by atoms with Gasteiger partial charge in [0.15, 0.2) is 0 Å². The highest BCUT2D eigenvalue weighted by Gasteiger charge is 2.34. The zero-order valence-electron chi connectivity index (χ0n) is 16.9. The quantitative estimate of drug-likeness (QED) is 0.745. The summed E-state index contributed by atoms with van der Waals surface area (Å²) in [6.07, 6.45) is 15.9. The molecule has 3 saturated carbocycles. The third-order valence-electron chi connectivity index (χ3n) is 7.37. The number of carbonyl (C=O) groups excluding carboxylic acids is 2. The topological polar surface area (TPSA) is 40.6 Å². The van der Waals surface area contributed by atoms with Gasteiger partial charge in [0, 0.05) is 38.0 Å². The Balaban J connectivity index is 1.46. The van der Waals surface area contributed by atoms with Gasteiger partial charge in [-0.2, -0.15) is 0 Å². The Hall–Kier alpha value is -1.06. The lowest BCUT2D eigenvalue weighted by Gasteiger charge is -2.40. The van der Waals surface area contributed by atoms with E-state index in [1.165, 1.54) is 38.5 Å². The maximum atomic E-state index is 12.8.